The second-order valence-corrected chi connectivity index (χ2v) is 4.66. The van der Waals surface area contributed by atoms with E-state index in [1.54, 1.807) is 0 Å². The van der Waals surface area contributed by atoms with Gasteiger partial charge in [-0.15, -0.1) is 11.3 Å². The van der Waals surface area contributed by atoms with E-state index < -0.39 is 0 Å². The Balaban J connectivity index is 2.52. The summed E-state index contributed by atoms with van der Waals surface area (Å²) in [6.45, 7) is 4.33. The first-order valence-electron chi connectivity index (χ1n) is 5.57. The molecule has 0 amide bonds. The lowest BCUT2D eigenvalue weighted by Crippen LogP contribution is -1.91. The molecule has 0 aliphatic rings. The zero-order valence-electron chi connectivity index (χ0n) is 9.66. The highest BCUT2D eigenvalue weighted by Crippen LogP contribution is 2.28. The maximum Gasteiger partial charge on any atom is 0.180 e. The first-order chi connectivity index (χ1) is 7.74. The van der Waals surface area contributed by atoms with Crippen molar-refractivity contribution in [1.82, 2.24) is 4.98 Å². The van der Waals surface area contributed by atoms with E-state index in [1.165, 1.54) is 28.0 Å². The summed E-state index contributed by atoms with van der Waals surface area (Å²) >= 11 is 1.50. The number of aromatic nitrogens is 1. The molecule has 0 fully saturated rings. The van der Waals surface area contributed by atoms with Gasteiger partial charge in [-0.3, -0.25) is 0 Å². The molecule has 0 aliphatic carbocycles. The molecule has 0 bridgehead atoms. The van der Waals surface area contributed by atoms with E-state index in [4.69, 9.17) is 5.73 Å². The minimum atomic E-state index is 0.638. The fraction of sp³-hybridized carbons (Fsp3) is 0.308. The summed E-state index contributed by atoms with van der Waals surface area (Å²) < 4.78 is 0. The molecule has 16 heavy (non-hydrogen) atoms. The predicted molar refractivity (Wildman–Crippen MR) is 70.7 cm³/mol. The fourth-order valence-electron chi connectivity index (χ4n) is 1.80. The maximum absolute atomic E-state index is 5.69. The van der Waals surface area contributed by atoms with E-state index in [-0.39, 0.29) is 0 Å². The van der Waals surface area contributed by atoms with Crippen molar-refractivity contribution in [2.24, 2.45) is 0 Å². The van der Waals surface area contributed by atoms with Crippen molar-refractivity contribution < 1.29 is 0 Å². The number of rotatable bonds is 3. The molecule has 0 radical (unpaired) electrons. The second kappa shape index (κ2) is 4.66. The van der Waals surface area contributed by atoms with E-state index in [0.29, 0.717) is 5.13 Å². The number of benzene rings is 1. The van der Waals surface area contributed by atoms with Crippen molar-refractivity contribution in [1.29, 1.82) is 0 Å². The van der Waals surface area contributed by atoms with Crippen LogP contribution in [0.2, 0.25) is 0 Å². The Morgan fingerprint density at radius 2 is 2.06 bits per heavy atom. The van der Waals surface area contributed by atoms with Crippen molar-refractivity contribution in [3.8, 4) is 11.3 Å². The Morgan fingerprint density at radius 3 is 2.62 bits per heavy atom. The number of thiazole rings is 1. The number of hydrogen-bond acceptors (Lipinski definition) is 3. The highest BCUT2D eigenvalue weighted by molar-refractivity contribution is 7.13. The molecular weight excluding hydrogens is 216 g/mol. The summed E-state index contributed by atoms with van der Waals surface area (Å²) in [6.07, 6.45) is 2.08. The maximum atomic E-state index is 5.69. The lowest BCUT2D eigenvalue weighted by molar-refractivity contribution is 1.10. The van der Waals surface area contributed by atoms with Crippen LogP contribution in [0.5, 0.6) is 0 Å². The van der Waals surface area contributed by atoms with Gasteiger partial charge in [0.15, 0.2) is 5.13 Å². The molecule has 0 spiro atoms. The number of nitrogens with zero attached hydrogens (tertiary/aromatic N) is 1. The minimum absolute atomic E-state index is 0.638. The number of aryl methyl sites for hydroxylation is 2. The molecule has 2 aromatic rings. The summed E-state index contributed by atoms with van der Waals surface area (Å²) in [5.41, 5.74) is 10.6. The molecule has 1 aromatic carbocycles. The first-order valence-corrected chi connectivity index (χ1v) is 6.45. The number of anilines is 1. The number of nitrogens with two attached hydrogens (primary N) is 1. The van der Waals surface area contributed by atoms with Gasteiger partial charge in [0.1, 0.15) is 0 Å². The quantitative estimate of drug-likeness (QED) is 0.879. The third-order valence-corrected chi connectivity index (χ3v) is 3.44. The van der Waals surface area contributed by atoms with Crippen LogP contribution in [0.3, 0.4) is 0 Å². The molecule has 84 valence electrons. The summed E-state index contributed by atoms with van der Waals surface area (Å²) in [7, 11) is 0. The lowest BCUT2D eigenvalue weighted by Gasteiger charge is -2.07. The fourth-order valence-corrected chi connectivity index (χ4v) is 2.36. The molecule has 0 unspecified atom stereocenters. The molecular formula is C13H16N2S. The van der Waals surface area contributed by atoms with Gasteiger partial charge in [-0.2, -0.15) is 0 Å². The Hall–Kier alpha value is -1.35. The summed E-state index contributed by atoms with van der Waals surface area (Å²) in [6, 6.07) is 6.62. The second-order valence-electron chi connectivity index (χ2n) is 3.77. The van der Waals surface area contributed by atoms with Crippen molar-refractivity contribution in [3.05, 3.63) is 34.7 Å². The van der Waals surface area contributed by atoms with Gasteiger partial charge in [-0.25, -0.2) is 4.98 Å². The van der Waals surface area contributed by atoms with Crippen LogP contribution in [0.15, 0.2) is 23.6 Å². The first kappa shape index (κ1) is 11.1. The normalized spacial score (nSPS) is 10.6. The van der Waals surface area contributed by atoms with Gasteiger partial charge >= 0.3 is 0 Å². The lowest BCUT2D eigenvalue weighted by atomic mass is 9.99. The Kier molecular flexibility index (Phi) is 3.25. The molecule has 0 saturated heterocycles. The largest absolute Gasteiger partial charge is 0.375 e. The average Bonchev–Trinajstić information content (AvgIpc) is 2.75. The van der Waals surface area contributed by atoms with Crippen LogP contribution in [0, 0.1) is 0 Å². The van der Waals surface area contributed by atoms with Gasteiger partial charge < -0.3 is 5.73 Å². The third kappa shape index (κ3) is 2.09. The third-order valence-electron chi connectivity index (χ3n) is 2.76. The average molecular weight is 232 g/mol. The highest BCUT2D eigenvalue weighted by Gasteiger charge is 2.08. The zero-order valence-corrected chi connectivity index (χ0v) is 10.5. The van der Waals surface area contributed by atoms with Crippen molar-refractivity contribution >= 4 is 16.5 Å². The molecule has 0 saturated carbocycles. The Bertz CT molecular complexity index is 488. The zero-order chi connectivity index (χ0) is 11.5. The van der Waals surface area contributed by atoms with Gasteiger partial charge in [-0.1, -0.05) is 26.0 Å². The molecule has 3 heteroatoms. The van der Waals surface area contributed by atoms with E-state index >= 15 is 0 Å². The van der Waals surface area contributed by atoms with Crippen LogP contribution in [-0.4, -0.2) is 4.98 Å². The summed E-state index contributed by atoms with van der Waals surface area (Å²) in [5, 5.41) is 2.67. The SMILES string of the molecule is CCc1ccc(CC)c(-c2csc(N)n2)c1. The molecule has 0 atom stereocenters. The summed E-state index contributed by atoms with van der Waals surface area (Å²) in [4.78, 5) is 4.36. The monoisotopic (exact) mass is 232 g/mol. The molecule has 2 rings (SSSR count). The molecule has 1 aromatic heterocycles. The Labute approximate surface area is 100 Å². The summed E-state index contributed by atoms with van der Waals surface area (Å²) in [5.74, 6) is 0. The smallest absolute Gasteiger partial charge is 0.180 e. The van der Waals surface area contributed by atoms with E-state index in [2.05, 4.69) is 37.0 Å². The van der Waals surface area contributed by atoms with Crippen LogP contribution in [0.4, 0.5) is 5.13 Å². The van der Waals surface area contributed by atoms with Crippen LogP contribution in [-0.2, 0) is 12.8 Å². The molecule has 2 nitrogen and oxygen atoms in total. The van der Waals surface area contributed by atoms with E-state index in [1.807, 2.05) is 5.38 Å². The van der Waals surface area contributed by atoms with Gasteiger partial charge in [0, 0.05) is 10.9 Å². The van der Waals surface area contributed by atoms with Gasteiger partial charge in [0.05, 0.1) is 5.69 Å². The topological polar surface area (TPSA) is 38.9 Å². The van der Waals surface area contributed by atoms with E-state index in [0.717, 1.165) is 18.5 Å². The van der Waals surface area contributed by atoms with Crippen molar-refractivity contribution in [2.45, 2.75) is 26.7 Å². The number of hydrogen-bond donors (Lipinski definition) is 1. The van der Waals surface area contributed by atoms with Crippen LogP contribution < -0.4 is 5.73 Å². The molecule has 1 heterocycles. The highest BCUT2D eigenvalue weighted by atomic mass is 32.1. The van der Waals surface area contributed by atoms with E-state index in [9.17, 15) is 0 Å². The van der Waals surface area contributed by atoms with Crippen LogP contribution in [0.1, 0.15) is 25.0 Å². The Morgan fingerprint density at radius 1 is 1.25 bits per heavy atom. The van der Waals surface area contributed by atoms with Crippen LogP contribution >= 0.6 is 11.3 Å². The van der Waals surface area contributed by atoms with Gasteiger partial charge in [0.25, 0.3) is 0 Å². The molecule has 2 N–H and O–H groups in total. The van der Waals surface area contributed by atoms with Crippen molar-refractivity contribution in [3.63, 3.8) is 0 Å². The standard InChI is InChI=1S/C13H16N2S/c1-3-9-5-6-10(4-2)11(7-9)12-8-16-13(14)15-12/h5-8H,3-4H2,1-2H3,(H2,14,15). The number of nitrogen functional groups attached to an aromatic ring is 1. The van der Waals surface area contributed by atoms with Gasteiger partial charge in [-0.05, 0) is 30.0 Å². The van der Waals surface area contributed by atoms with Crippen LogP contribution in [0.25, 0.3) is 11.3 Å². The molecule has 0 aliphatic heterocycles. The minimum Gasteiger partial charge on any atom is -0.375 e. The predicted octanol–water partition coefficient (Wildman–Crippen LogP) is 3.52. The van der Waals surface area contributed by atoms with Crippen molar-refractivity contribution in [2.75, 3.05) is 5.73 Å². The van der Waals surface area contributed by atoms with Gasteiger partial charge in [0.2, 0.25) is 0 Å².